The van der Waals surface area contributed by atoms with Gasteiger partial charge in [-0.25, -0.2) is 0 Å². The Kier molecular flexibility index (Phi) is 4.36. The summed E-state index contributed by atoms with van der Waals surface area (Å²) in [4.78, 5) is 13.9. The molecule has 0 aromatic carbocycles. The first-order valence-corrected chi connectivity index (χ1v) is 6.46. The average molecular weight is 251 g/mol. The first-order chi connectivity index (χ1) is 8.69. The minimum absolute atomic E-state index is 0.0534. The standard InChI is InChI=1S/C13H21N3O2/c1-15-9-11(8-14-15)5-7-16-6-3-4-12(10-16)13(17)18-2/h8-9,12H,3-7,10H2,1-2H3. The number of hydrogen-bond donors (Lipinski definition) is 0. The Bertz CT molecular complexity index is 403. The highest BCUT2D eigenvalue weighted by molar-refractivity contribution is 5.72. The second-order valence-electron chi connectivity index (χ2n) is 4.94. The van der Waals surface area contributed by atoms with Crippen molar-refractivity contribution in [2.45, 2.75) is 19.3 Å². The Balaban J connectivity index is 1.80. The molecule has 100 valence electrons. The van der Waals surface area contributed by atoms with Crippen molar-refractivity contribution < 1.29 is 9.53 Å². The van der Waals surface area contributed by atoms with Gasteiger partial charge in [0, 0.05) is 26.3 Å². The van der Waals surface area contributed by atoms with Gasteiger partial charge in [0.2, 0.25) is 0 Å². The average Bonchev–Trinajstić information content (AvgIpc) is 2.81. The van der Waals surface area contributed by atoms with Crippen molar-refractivity contribution in [1.29, 1.82) is 0 Å². The first-order valence-electron chi connectivity index (χ1n) is 6.46. The summed E-state index contributed by atoms with van der Waals surface area (Å²) in [6.45, 7) is 2.89. The molecule has 2 rings (SSSR count). The lowest BCUT2D eigenvalue weighted by Crippen LogP contribution is -2.40. The molecule has 18 heavy (non-hydrogen) atoms. The Morgan fingerprint density at radius 2 is 2.44 bits per heavy atom. The molecule has 5 heteroatoms. The highest BCUT2D eigenvalue weighted by Gasteiger charge is 2.25. The van der Waals surface area contributed by atoms with Crippen molar-refractivity contribution >= 4 is 5.97 Å². The van der Waals surface area contributed by atoms with E-state index in [1.807, 2.05) is 24.1 Å². The molecule has 1 aliphatic rings. The summed E-state index contributed by atoms with van der Waals surface area (Å²) in [5, 5.41) is 4.16. The molecule has 1 unspecified atom stereocenters. The topological polar surface area (TPSA) is 47.4 Å². The highest BCUT2D eigenvalue weighted by atomic mass is 16.5. The minimum atomic E-state index is -0.0684. The van der Waals surface area contributed by atoms with Crippen LogP contribution in [0.3, 0.4) is 0 Å². The van der Waals surface area contributed by atoms with Gasteiger partial charge in [0.25, 0.3) is 0 Å². The number of carbonyl (C=O) groups excluding carboxylic acids is 1. The number of nitrogens with zero attached hydrogens (tertiary/aromatic N) is 3. The number of esters is 1. The molecule has 1 aromatic rings. The predicted molar refractivity (Wildman–Crippen MR) is 68.1 cm³/mol. The lowest BCUT2D eigenvalue weighted by atomic mass is 9.98. The number of likely N-dealkylation sites (tertiary alicyclic amines) is 1. The van der Waals surface area contributed by atoms with E-state index in [1.54, 1.807) is 0 Å². The Labute approximate surface area is 108 Å². The lowest BCUT2D eigenvalue weighted by molar-refractivity contribution is -0.147. The molecule has 0 aliphatic carbocycles. The van der Waals surface area contributed by atoms with Crippen LogP contribution in [0.5, 0.6) is 0 Å². The van der Waals surface area contributed by atoms with Gasteiger partial charge in [-0.05, 0) is 31.4 Å². The van der Waals surface area contributed by atoms with Crippen molar-refractivity contribution in [3.8, 4) is 0 Å². The Morgan fingerprint density at radius 3 is 3.11 bits per heavy atom. The van der Waals surface area contributed by atoms with Gasteiger partial charge >= 0.3 is 5.97 Å². The molecule has 0 spiro atoms. The van der Waals surface area contributed by atoms with Gasteiger partial charge in [0.15, 0.2) is 0 Å². The number of rotatable bonds is 4. The van der Waals surface area contributed by atoms with Crippen LogP contribution in [0.2, 0.25) is 0 Å². The molecule has 0 radical (unpaired) electrons. The van der Waals surface area contributed by atoms with Crippen molar-refractivity contribution in [2.75, 3.05) is 26.7 Å². The van der Waals surface area contributed by atoms with Crippen LogP contribution in [0.1, 0.15) is 18.4 Å². The zero-order valence-electron chi connectivity index (χ0n) is 11.1. The van der Waals surface area contributed by atoms with Crippen LogP contribution >= 0.6 is 0 Å². The maximum Gasteiger partial charge on any atom is 0.309 e. The molecule has 0 N–H and O–H groups in total. The summed E-state index contributed by atoms with van der Waals surface area (Å²) in [6, 6.07) is 0. The van der Waals surface area contributed by atoms with E-state index in [2.05, 4.69) is 10.00 Å². The van der Waals surface area contributed by atoms with Crippen LogP contribution in [-0.4, -0.2) is 47.4 Å². The summed E-state index contributed by atoms with van der Waals surface area (Å²) < 4.78 is 6.65. The van der Waals surface area contributed by atoms with Gasteiger partial charge in [0.1, 0.15) is 0 Å². The van der Waals surface area contributed by atoms with Gasteiger partial charge in [0.05, 0.1) is 19.2 Å². The number of carbonyl (C=O) groups is 1. The third-order valence-corrected chi connectivity index (χ3v) is 3.52. The van der Waals surface area contributed by atoms with Crippen LogP contribution < -0.4 is 0 Å². The molecular formula is C13H21N3O2. The van der Waals surface area contributed by atoms with Crippen LogP contribution in [-0.2, 0) is 23.0 Å². The summed E-state index contributed by atoms with van der Waals surface area (Å²) in [5.74, 6) is -0.0151. The van der Waals surface area contributed by atoms with E-state index < -0.39 is 0 Å². The number of aryl methyl sites for hydroxylation is 1. The Hall–Kier alpha value is -1.36. The molecule has 0 saturated carbocycles. The van der Waals surface area contributed by atoms with Crippen molar-refractivity contribution in [1.82, 2.24) is 14.7 Å². The SMILES string of the molecule is COC(=O)C1CCCN(CCc2cnn(C)c2)C1. The van der Waals surface area contributed by atoms with Crippen LogP contribution in [0, 0.1) is 5.92 Å². The minimum Gasteiger partial charge on any atom is -0.469 e. The number of methoxy groups -OCH3 is 1. The molecule has 0 amide bonds. The maximum atomic E-state index is 11.5. The fraction of sp³-hybridized carbons (Fsp3) is 0.692. The number of piperidine rings is 1. The van der Waals surface area contributed by atoms with Gasteiger partial charge < -0.3 is 9.64 Å². The first kappa shape index (κ1) is 13.1. The lowest BCUT2D eigenvalue weighted by Gasteiger charge is -2.31. The summed E-state index contributed by atoms with van der Waals surface area (Å²) in [5.41, 5.74) is 1.25. The van der Waals surface area contributed by atoms with E-state index in [9.17, 15) is 4.79 Å². The van der Waals surface area contributed by atoms with Crippen molar-refractivity contribution in [3.63, 3.8) is 0 Å². The number of ether oxygens (including phenoxy) is 1. The van der Waals surface area contributed by atoms with Crippen LogP contribution in [0.4, 0.5) is 0 Å². The maximum absolute atomic E-state index is 11.5. The van der Waals surface area contributed by atoms with Crippen molar-refractivity contribution in [2.24, 2.45) is 13.0 Å². The second kappa shape index (κ2) is 6.00. The second-order valence-corrected chi connectivity index (χ2v) is 4.94. The highest BCUT2D eigenvalue weighted by Crippen LogP contribution is 2.17. The van der Waals surface area contributed by atoms with E-state index in [4.69, 9.17) is 4.74 Å². The van der Waals surface area contributed by atoms with Gasteiger partial charge in [-0.1, -0.05) is 0 Å². The van der Waals surface area contributed by atoms with Crippen LogP contribution in [0.25, 0.3) is 0 Å². The summed E-state index contributed by atoms with van der Waals surface area (Å²) >= 11 is 0. The zero-order chi connectivity index (χ0) is 13.0. The summed E-state index contributed by atoms with van der Waals surface area (Å²) in [6.07, 6.45) is 6.97. The van der Waals surface area contributed by atoms with E-state index in [-0.39, 0.29) is 11.9 Å². The largest absolute Gasteiger partial charge is 0.469 e. The fourth-order valence-electron chi connectivity index (χ4n) is 2.51. The molecule has 1 aromatic heterocycles. The third-order valence-electron chi connectivity index (χ3n) is 3.52. The quantitative estimate of drug-likeness (QED) is 0.744. The predicted octanol–water partition coefficient (Wildman–Crippen LogP) is 0.848. The van der Waals surface area contributed by atoms with E-state index in [0.717, 1.165) is 38.9 Å². The molecule has 1 atom stereocenters. The molecule has 2 heterocycles. The van der Waals surface area contributed by atoms with Crippen molar-refractivity contribution in [3.05, 3.63) is 18.0 Å². The van der Waals surface area contributed by atoms with Gasteiger partial charge in [-0.15, -0.1) is 0 Å². The molecule has 1 aliphatic heterocycles. The molecule has 5 nitrogen and oxygen atoms in total. The molecule has 0 bridgehead atoms. The number of aromatic nitrogens is 2. The smallest absolute Gasteiger partial charge is 0.309 e. The zero-order valence-corrected chi connectivity index (χ0v) is 11.1. The fourth-order valence-corrected chi connectivity index (χ4v) is 2.51. The van der Waals surface area contributed by atoms with E-state index in [1.165, 1.54) is 12.7 Å². The molecule has 1 saturated heterocycles. The Morgan fingerprint density at radius 1 is 1.61 bits per heavy atom. The van der Waals surface area contributed by atoms with Crippen LogP contribution in [0.15, 0.2) is 12.4 Å². The monoisotopic (exact) mass is 251 g/mol. The summed E-state index contributed by atoms with van der Waals surface area (Å²) in [7, 11) is 3.40. The van der Waals surface area contributed by atoms with E-state index >= 15 is 0 Å². The number of hydrogen-bond acceptors (Lipinski definition) is 4. The normalized spacial score (nSPS) is 20.9. The molecule has 1 fully saturated rings. The molecular weight excluding hydrogens is 230 g/mol. The third kappa shape index (κ3) is 3.32. The van der Waals surface area contributed by atoms with E-state index in [0.29, 0.717) is 0 Å². The van der Waals surface area contributed by atoms with Gasteiger partial charge in [-0.3, -0.25) is 9.48 Å². The van der Waals surface area contributed by atoms with Gasteiger partial charge in [-0.2, -0.15) is 5.10 Å².